The molecule has 0 aliphatic carbocycles. The summed E-state index contributed by atoms with van der Waals surface area (Å²) in [6, 6.07) is 11.3. The Bertz CT molecular complexity index is 460. The Morgan fingerprint density at radius 2 is 2.00 bits per heavy atom. The van der Waals surface area contributed by atoms with Crippen LogP contribution in [0.1, 0.15) is 5.56 Å². The van der Waals surface area contributed by atoms with Crippen molar-refractivity contribution >= 4 is 5.97 Å². The molecule has 1 heterocycles. The van der Waals surface area contributed by atoms with Crippen LogP contribution in [0.4, 0.5) is 0 Å². The maximum Gasteiger partial charge on any atom is 0.307 e. The van der Waals surface area contributed by atoms with E-state index in [2.05, 4.69) is 4.98 Å². The number of carbonyl (C=O) groups is 1. The lowest BCUT2D eigenvalue weighted by atomic mass is 10.0. The van der Waals surface area contributed by atoms with Crippen molar-refractivity contribution in [2.24, 2.45) is 0 Å². The van der Waals surface area contributed by atoms with Gasteiger partial charge in [0.2, 0.25) is 0 Å². The number of hydrogen-bond donors (Lipinski definition) is 2. The van der Waals surface area contributed by atoms with Gasteiger partial charge in [0.15, 0.2) is 0 Å². The Kier molecular flexibility index (Phi) is 2.54. The molecule has 1 aromatic carbocycles. The lowest BCUT2D eigenvalue weighted by Gasteiger charge is -2.05. The highest BCUT2D eigenvalue weighted by Gasteiger charge is 2.07. The van der Waals surface area contributed by atoms with E-state index in [0.717, 1.165) is 16.8 Å². The van der Waals surface area contributed by atoms with Crippen molar-refractivity contribution in [3.8, 4) is 11.3 Å². The first-order valence-corrected chi connectivity index (χ1v) is 4.71. The molecule has 0 atom stereocenters. The average molecular weight is 201 g/mol. The van der Waals surface area contributed by atoms with Crippen molar-refractivity contribution in [2.45, 2.75) is 6.42 Å². The van der Waals surface area contributed by atoms with Gasteiger partial charge in [0, 0.05) is 17.5 Å². The Morgan fingerprint density at radius 3 is 2.67 bits per heavy atom. The van der Waals surface area contributed by atoms with Crippen molar-refractivity contribution in [1.29, 1.82) is 0 Å². The summed E-state index contributed by atoms with van der Waals surface area (Å²) in [6.07, 6.45) is 1.88. The van der Waals surface area contributed by atoms with Crippen molar-refractivity contribution in [3.63, 3.8) is 0 Å². The number of H-pyrrole nitrogens is 1. The van der Waals surface area contributed by atoms with E-state index in [-0.39, 0.29) is 6.42 Å². The highest BCUT2D eigenvalue weighted by molar-refractivity contribution is 5.75. The van der Waals surface area contributed by atoms with E-state index in [0.29, 0.717) is 0 Å². The zero-order chi connectivity index (χ0) is 10.7. The van der Waals surface area contributed by atoms with Crippen LogP contribution in [0.3, 0.4) is 0 Å². The summed E-state index contributed by atoms with van der Waals surface area (Å²) in [5.41, 5.74) is 2.73. The van der Waals surface area contributed by atoms with Gasteiger partial charge in [0.25, 0.3) is 0 Å². The maximum atomic E-state index is 10.7. The van der Waals surface area contributed by atoms with Crippen LogP contribution in [-0.4, -0.2) is 16.1 Å². The number of benzene rings is 1. The minimum atomic E-state index is -0.811. The lowest BCUT2D eigenvalue weighted by molar-refractivity contribution is -0.136. The molecule has 15 heavy (non-hydrogen) atoms. The number of carboxylic acids is 1. The summed E-state index contributed by atoms with van der Waals surface area (Å²) in [4.78, 5) is 13.8. The Hall–Kier alpha value is -2.03. The van der Waals surface area contributed by atoms with Gasteiger partial charge in [-0.2, -0.15) is 0 Å². The molecule has 2 rings (SSSR count). The first-order valence-electron chi connectivity index (χ1n) is 4.71. The molecule has 0 spiro atoms. The Morgan fingerprint density at radius 1 is 1.20 bits per heavy atom. The van der Waals surface area contributed by atoms with E-state index in [1.807, 2.05) is 42.6 Å². The van der Waals surface area contributed by atoms with Crippen molar-refractivity contribution < 1.29 is 9.90 Å². The Balaban J connectivity index is 2.42. The molecule has 0 unspecified atom stereocenters. The van der Waals surface area contributed by atoms with Crippen LogP contribution in [0.15, 0.2) is 42.6 Å². The van der Waals surface area contributed by atoms with E-state index in [1.54, 1.807) is 0 Å². The third-order valence-corrected chi connectivity index (χ3v) is 2.25. The molecular weight excluding hydrogens is 190 g/mol. The minimum absolute atomic E-state index is 0.0508. The molecule has 0 fully saturated rings. The Labute approximate surface area is 87.4 Å². The third-order valence-electron chi connectivity index (χ3n) is 2.25. The molecule has 0 saturated carbocycles. The summed E-state index contributed by atoms with van der Waals surface area (Å²) in [5, 5.41) is 8.78. The summed E-state index contributed by atoms with van der Waals surface area (Å²) in [6.45, 7) is 0. The van der Waals surface area contributed by atoms with Gasteiger partial charge in [0.05, 0.1) is 6.42 Å². The van der Waals surface area contributed by atoms with Crippen LogP contribution < -0.4 is 0 Å². The fourth-order valence-corrected chi connectivity index (χ4v) is 1.60. The van der Waals surface area contributed by atoms with E-state index in [9.17, 15) is 4.79 Å². The van der Waals surface area contributed by atoms with Gasteiger partial charge in [0.1, 0.15) is 0 Å². The normalized spacial score (nSPS) is 10.1. The van der Waals surface area contributed by atoms with Crippen LogP contribution in [0.25, 0.3) is 11.3 Å². The SMILES string of the molecule is O=C(O)Cc1ccccc1-c1ccc[nH]1. The molecule has 0 radical (unpaired) electrons. The van der Waals surface area contributed by atoms with Gasteiger partial charge in [-0.15, -0.1) is 0 Å². The number of carboxylic acid groups (broad SMARTS) is 1. The number of rotatable bonds is 3. The zero-order valence-electron chi connectivity index (χ0n) is 8.10. The van der Waals surface area contributed by atoms with E-state index in [1.165, 1.54) is 0 Å². The minimum Gasteiger partial charge on any atom is -0.481 e. The highest BCUT2D eigenvalue weighted by atomic mass is 16.4. The largest absolute Gasteiger partial charge is 0.481 e. The van der Waals surface area contributed by atoms with Gasteiger partial charge < -0.3 is 10.1 Å². The fourth-order valence-electron chi connectivity index (χ4n) is 1.60. The van der Waals surface area contributed by atoms with Gasteiger partial charge >= 0.3 is 5.97 Å². The number of hydrogen-bond acceptors (Lipinski definition) is 1. The average Bonchev–Trinajstić information content (AvgIpc) is 2.70. The molecule has 3 nitrogen and oxygen atoms in total. The smallest absolute Gasteiger partial charge is 0.307 e. The van der Waals surface area contributed by atoms with E-state index >= 15 is 0 Å². The third kappa shape index (κ3) is 2.07. The summed E-state index contributed by atoms with van der Waals surface area (Å²) in [5.74, 6) is -0.811. The number of aromatic amines is 1. The second-order valence-corrected chi connectivity index (χ2v) is 3.31. The molecule has 0 saturated heterocycles. The molecule has 2 N–H and O–H groups in total. The monoisotopic (exact) mass is 201 g/mol. The molecule has 1 aromatic heterocycles. The molecule has 0 amide bonds. The fraction of sp³-hybridized carbons (Fsp3) is 0.0833. The predicted octanol–water partition coefficient (Wildman–Crippen LogP) is 2.31. The van der Waals surface area contributed by atoms with Crippen LogP contribution in [-0.2, 0) is 11.2 Å². The van der Waals surface area contributed by atoms with Crippen molar-refractivity contribution in [1.82, 2.24) is 4.98 Å². The lowest BCUT2D eigenvalue weighted by Crippen LogP contribution is -2.01. The quantitative estimate of drug-likeness (QED) is 0.800. The van der Waals surface area contributed by atoms with Crippen LogP contribution in [0.2, 0.25) is 0 Å². The zero-order valence-corrected chi connectivity index (χ0v) is 8.10. The molecule has 3 heteroatoms. The molecular formula is C12H11NO2. The topological polar surface area (TPSA) is 53.1 Å². The van der Waals surface area contributed by atoms with Gasteiger partial charge in [-0.1, -0.05) is 24.3 Å². The van der Waals surface area contributed by atoms with E-state index < -0.39 is 5.97 Å². The van der Waals surface area contributed by atoms with E-state index in [4.69, 9.17) is 5.11 Å². The van der Waals surface area contributed by atoms with Gasteiger partial charge in [-0.3, -0.25) is 4.79 Å². The summed E-state index contributed by atoms with van der Waals surface area (Å²) in [7, 11) is 0. The van der Waals surface area contributed by atoms with Crippen LogP contribution in [0.5, 0.6) is 0 Å². The molecule has 2 aromatic rings. The van der Waals surface area contributed by atoms with Gasteiger partial charge in [-0.25, -0.2) is 0 Å². The summed E-state index contributed by atoms with van der Waals surface area (Å²) < 4.78 is 0. The van der Waals surface area contributed by atoms with Crippen molar-refractivity contribution in [2.75, 3.05) is 0 Å². The van der Waals surface area contributed by atoms with Gasteiger partial charge in [-0.05, 0) is 17.7 Å². The summed E-state index contributed by atoms with van der Waals surface area (Å²) >= 11 is 0. The number of aliphatic carboxylic acids is 1. The maximum absolute atomic E-state index is 10.7. The van der Waals surface area contributed by atoms with Crippen LogP contribution >= 0.6 is 0 Å². The standard InChI is InChI=1S/C12H11NO2/c14-12(15)8-9-4-1-2-5-10(9)11-6-3-7-13-11/h1-7,13H,8H2,(H,14,15). The molecule has 76 valence electrons. The molecule has 0 aliphatic rings. The predicted molar refractivity (Wildman–Crippen MR) is 57.6 cm³/mol. The first kappa shape index (κ1) is 9.52. The molecule has 0 bridgehead atoms. The second-order valence-electron chi connectivity index (χ2n) is 3.31. The first-order chi connectivity index (χ1) is 7.27. The van der Waals surface area contributed by atoms with Crippen LogP contribution in [0, 0.1) is 0 Å². The highest BCUT2D eigenvalue weighted by Crippen LogP contribution is 2.22. The number of nitrogens with one attached hydrogen (secondary N) is 1. The molecule has 0 aliphatic heterocycles. The second kappa shape index (κ2) is 4.00. The van der Waals surface area contributed by atoms with Crippen molar-refractivity contribution in [3.05, 3.63) is 48.2 Å². The number of aromatic nitrogens is 1.